The van der Waals surface area contributed by atoms with Crippen LogP contribution in [0.2, 0.25) is 0 Å². The quantitative estimate of drug-likeness (QED) is 0.754. The number of nitrogens with one attached hydrogen (secondary N) is 1. The molecule has 3 aromatic rings. The number of hydrogen-bond acceptors (Lipinski definition) is 5. The number of anilines is 1. The maximum atomic E-state index is 12.7. The highest BCUT2D eigenvalue weighted by molar-refractivity contribution is 6.05. The first-order chi connectivity index (χ1) is 12.5. The third-order valence-electron chi connectivity index (χ3n) is 4.09. The SMILES string of the molecule is CCOc1nc2cc(C)c(C)cc2nc1C(=O)Nc1ccc(OC)cc1. The summed E-state index contributed by atoms with van der Waals surface area (Å²) in [7, 11) is 1.59. The molecule has 0 fully saturated rings. The highest BCUT2D eigenvalue weighted by atomic mass is 16.5. The molecule has 0 aliphatic heterocycles. The number of hydrogen-bond donors (Lipinski definition) is 1. The zero-order valence-corrected chi connectivity index (χ0v) is 15.3. The van der Waals surface area contributed by atoms with Gasteiger partial charge in [0.05, 0.1) is 24.8 Å². The van der Waals surface area contributed by atoms with E-state index in [1.165, 1.54) is 0 Å². The number of methoxy groups -OCH3 is 1. The zero-order chi connectivity index (χ0) is 18.7. The molecule has 0 unspecified atom stereocenters. The van der Waals surface area contributed by atoms with Gasteiger partial charge in [0, 0.05) is 5.69 Å². The maximum Gasteiger partial charge on any atom is 0.279 e. The Morgan fingerprint density at radius 2 is 1.65 bits per heavy atom. The van der Waals surface area contributed by atoms with Gasteiger partial charge in [-0.3, -0.25) is 4.79 Å². The van der Waals surface area contributed by atoms with Crippen LogP contribution in [0.3, 0.4) is 0 Å². The van der Waals surface area contributed by atoms with Crippen molar-refractivity contribution >= 4 is 22.6 Å². The van der Waals surface area contributed by atoms with Crippen LogP contribution in [0, 0.1) is 13.8 Å². The van der Waals surface area contributed by atoms with Crippen molar-refractivity contribution in [2.45, 2.75) is 20.8 Å². The van der Waals surface area contributed by atoms with Crippen molar-refractivity contribution in [1.29, 1.82) is 0 Å². The molecule has 6 heteroatoms. The number of aryl methyl sites for hydroxylation is 2. The van der Waals surface area contributed by atoms with E-state index < -0.39 is 0 Å². The third kappa shape index (κ3) is 3.59. The van der Waals surface area contributed by atoms with E-state index in [4.69, 9.17) is 9.47 Å². The van der Waals surface area contributed by atoms with E-state index >= 15 is 0 Å². The maximum absolute atomic E-state index is 12.7. The summed E-state index contributed by atoms with van der Waals surface area (Å²) >= 11 is 0. The molecule has 0 aliphatic carbocycles. The monoisotopic (exact) mass is 351 g/mol. The molecule has 3 rings (SSSR count). The van der Waals surface area contributed by atoms with Gasteiger partial charge in [0.2, 0.25) is 5.88 Å². The molecule has 0 bridgehead atoms. The zero-order valence-electron chi connectivity index (χ0n) is 15.3. The summed E-state index contributed by atoms with van der Waals surface area (Å²) in [5.74, 6) is 0.579. The van der Waals surface area contributed by atoms with Crippen molar-refractivity contribution < 1.29 is 14.3 Å². The topological polar surface area (TPSA) is 73.3 Å². The Morgan fingerprint density at radius 3 is 2.23 bits per heavy atom. The van der Waals surface area contributed by atoms with E-state index in [1.807, 2.05) is 32.9 Å². The molecule has 1 aromatic heterocycles. The molecule has 1 N–H and O–H groups in total. The highest BCUT2D eigenvalue weighted by Gasteiger charge is 2.18. The second kappa shape index (κ2) is 7.39. The van der Waals surface area contributed by atoms with Crippen molar-refractivity contribution in [2.75, 3.05) is 19.0 Å². The first kappa shape index (κ1) is 17.7. The lowest BCUT2D eigenvalue weighted by atomic mass is 10.1. The summed E-state index contributed by atoms with van der Waals surface area (Å²) in [5, 5.41) is 2.82. The van der Waals surface area contributed by atoms with Crippen LogP contribution in [0.4, 0.5) is 5.69 Å². The third-order valence-corrected chi connectivity index (χ3v) is 4.09. The van der Waals surface area contributed by atoms with Gasteiger partial charge in [-0.05, 0) is 68.3 Å². The lowest BCUT2D eigenvalue weighted by molar-refractivity contribution is 0.101. The second-order valence-corrected chi connectivity index (χ2v) is 5.92. The van der Waals surface area contributed by atoms with Crippen molar-refractivity contribution in [2.24, 2.45) is 0 Å². The van der Waals surface area contributed by atoms with Crippen LogP contribution in [-0.4, -0.2) is 29.6 Å². The predicted octanol–water partition coefficient (Wildman–Crippen LogP) is 3.91. The van der Waals surface area contributed by atoms with Gasteiger partial charge in [0.25, 0.3) is 5.91 Å². The van der Waals surface area contributed by atoms with E-state index in [9.17, 15) is 4.79 Å². The number of ether oxygens (including phenoxy) is 2. The summed E-state index contributed by atoms with van der Waals surface area (Å²) in [5.41, 5.74) is 4.38. The van der Waals surface area contributed by atoms with Crippen LogP contribution in [-0.2, 0) is 0 Å². The molecule has 0 saturated heterocycles. The summed E-state index contributed by atoms with van der Waals surface area (Å²) in [6.45, 7) is 6.26. The van der Waals surface area contributed by atoms with Gasteiger partial charge in [-0.15, -0.1) is 0 Å². The average Bonchev–Trinajstić information content (AvgIpc) is 2.63. The fraction of sp³-hybridized carbons (Fsp3) is 0.250. The van der Waals surface area contributed by atoms with Gasteiger partial charge in [-0.1, -0.05) is 0 Å². The normalized spacial score (nSPS) is 10.6. The number of carbonyl (C=O) groups is 1. The fourth-order valence-corrected chi connectivity index (χ4v) is 2.55. The standard InChI is InChI=1S/C20H21N3O3/c1-5-26-20-18(19(24)21-14-6-8-15(25-4)9-7-14)22-16-10-12(2)13(3)11-17(16)23-20/h6-11H,5H2,1-4H3,(H,21,24). The summed E-state index contributed by atoms with van der Waals surface area (Å²) in [4.78, 5) is 21.7. The first-order valence-electron chi connectivity index (χ1n) is 8.39. The largest absolute Gasteiger partial charge is 0.497 e. The number of carbonyl (C=O) groups excluding carboxylic acids is 1. The number of amides is 1. The highest BCUT2D eigenvalue weighted by Crippen LogP contribution is 2.23. The van der Waals surface area contributed by atoms with E-state index in [1.54, 1.807) is 31.4 Å². The Balaban J connectivity index is 1.98. The molecule has 0 saturated carbocycles. The van der Waals surface area contributed by atoms with Crippen molar-refractivity contribution in [3.8, 4) is 11.6 Å². The van der Waals surface area contributed by atoms with Gasteiger partial charge < -0.3 is 14.8 Å². The molecule has 1 amide bonds. The van der Waals surface area contributed by atoms with Crippen molar-refractivity contribution in [1.82, 2.24) is 9.97 Å². The summed E-state index contributed by atoms with van der Waals surface area (Å²) < 4.78 is 10.7. The predicted molar refractivity (Wildman–Crippen MR) is 101 cm³/mol. The van der Waals surface area contributed by atoms with Crippen LogP contribution in [0.5, 0.6) is 11.6 Å². The fourth-order valence-electron chi connectivity index (χ4n) is 2.55. The Bertz CT molecular complexity index is 953. The average molecular weight is 351 g/mol. The van der Waals surface area contributed by atoms with Crippen LogP contribution in [0.15, 0.2) is 36.4 Å². The van der Waals surface area contributed by atoms with Gasteiger partial charge in [-0.2, -0.15) is 0 Å². The van der Waals surface area contributed by atoms with Crippen LogP contribution in [0.25, 0.3) is 11.0 Å². The first-order valence-corrected chi connectivity index (χ1v) is 8.39. The molecule has 2 aromatic carbocycles. The molecular weight excluding hydrogens is 330 g/mol. The Hall–Kier alpha value is -3.15. The van der Waals surface area contributed by atoms with E-state index in [0.29, 0.717) is 29.1 Å². The van der Waals surface area contributed by atoms with Gasteiger partial charge in [-0.25, -0.2) is 9.97 Å². The van der Waals surface area contributed by atoms with Crippen LogP contribution < -0.4 is 14.8 Å². The van der Waals surface area contributed by atoms with Gasteiger partial charge in [0.1, 0.15) is 5.75 Å². The minimum atomic E-state index is -0.369. The Labute approximate surface area is 152 Å². The lowest BCUT2D eigenvalue weighted by Crippen LogP contribution is -2.16. The second-order valence-electron chi connectivity index (χ2n) is 5.92. The Morgan fingerprint density at radius 1 is 1.04 bits per heavy atom. The lowest BCUT2D eigenvalue weighted by Gasteiger charge is -2.11. The molecule has 0 aliphatic rings. The van der Waals surface area contributed by atoms with Crippen LogP contribution in [0.1, 0.15) is 28.5 Å². The molecule has 26 heavy (non-hydrogen) atoms. The Kier molecular flexibility index (Phi) is 5.02. The van der Waals surface area contributed by atoms with E-state index in [2.05, 4.69) is 15.3 Å². The number of rotatable bonds is 5. The molecular formula is C20H21N3O3. The molecule has 134 valence electrons. The minimum Gasteiger partial charge on any atom is -0.497 e. The minimum absolute atomic E-state index is 0.165. The number of fused-ring (bicyclic) bond motifs is 1. The van der Waals surface area contributed by atoms with E-state index in [-0.39, 0.29) is 17.5 Å². The van der Waals surface area contributed by atoms with Gasteiger partial charge in [0.15, 0.2) is 5.69 Å². The van der Waals surface area contributed by atoms with E-state index in [0.717, 1.165) is 11.1 Å². The van der Waals surface area contributed by atoms with Crippen LogP contribution >= 0.6 is 0 Å². The van der Waals surface area contributed by atoms with Gasteiger partial charge >= 0.3 is 0 Å². The van der Waals surface area contributed by atoms with Crippen molar-refractivity contribution in [3.05, 3.63) is 53.2 Å². The molecule has 0 atom stereocenters. The molecule has 0 radical (unpaired) electrons. The molecule has 0 spiro atoms. The molecule has 1 heterocycles. The number of nitrogens with zero attached hydrogens (tertiary/aromatic N) is 2. The number of aromatic nitrogens is 2. The smallest absolute Gasteiger partial charge is 0.279 e. The van der Waals surface area contributed by atoms with Crippen molar-refractivity contribution in [3.63, 3.8) is 0 Å². The summed E-state index contributed by atoms with van der Waals surface area (Å²) in [6.07, 6.45) is 0. The number of benzene rings is 2. The summed E-state index contributed by atoms with van der Waals surface area (Å²) in [6, 6.07) is 11.0. The molecule has 6 nitrogen and oxygen atoms in total.